The van der Waals surface area contributed by atoms with Crippen molar-refractivity contribution < 1.29 is 9.90 Å². The molecule has 1 aliphatic rings. The fraction of sp³-hybridized carbons (Fsp3) is 0.250. The maximum Gasteiger partial charge on any atom is 0.282 e. The van der Waals surface area contributed by atoms with Gasteiger partial charge in [-0.05, 0) is 24.3 Å². The van der Waals surface area contributed by atoms with Gasteiger partial charge in [0, 0.05) is 26.2 Å². The molecular formula is C16H15N5O2S. The Morgan fingerprint density at radius 3 is 2.71 bits per heavy atom. The van der Waals surface area contributed by atoms with E-state index >= 15 is 0 Å². The minimum absolute atomic E-state index is 0.0526. The lowest BCUT2D eigenvalue weighted by Crippen LogP contribution is -2.48. The largest absolute Gasteiger partial charge is 0.508 e. The molecule has 0 unspecified atom stereocenters. The average molecular weight is 341 g/mol. The molecule has 0 bridgehead atoms. The van der Waals surface area contributed by atoms with Crippen molar-refractivity contribution in [2.45, 2.75) is 0 Å². The second-order valence-electron chi connectivity index (χ2n) is 5.55. The first-order valence-corrected chi connectivity index (χ1v) is 8.43. The number of hydrogen-bond donors (Lipinski definition) is 1. The molecule has 8 heteroatoms. The third-order valence-corrected chi connectivity index (χ3v) is 5.06. The number of fused-ring (bicyclic) bond motifs is 1. The smallest absolute Gasteiger partial charge is 0.282 e. The predicted octanol–water partition coefficient (Wildman–Crippen LogP) is 1.75. The van der Waals surface area contributed by atoms with Crippen molar-refractivity contribution in [2.24, 2.45) is 0 Å². The van der Waals surface area contributed by atoms with Gasteiger partial charge in [-0.15, -0.1) is 11.3 Å². The quantitative estimate of drug-likeness (QED) is 0.765. The van der Waals surface area contributed by atoms with Gasteiger partial charge in [0.05, 0.1) is 28.3 Å². The Balaban J connectivity index is 1.47. The van der Waals surface area contributed by atoms with Crippen LogP contribution in [0.3, 0.4) is 0 Å². The van der Waals surface area contributed by atoms with Gasteiger partial charge in [-0.3, -0.25) is 4.79 Å². The molecule has 4 rings (SSSR count). The van der Waals surface area contributed by atoms with Crippen LogP contribution in [0.25, 0.3) is 10.2 Å². The van der Waals surface area contributed by atoms with Crippen LogP contribution >= 0.6 is 11.3 Å². The van der Waals surface area contributed by atoms with Gasteiger partial charge >= 0.3 is 0 Å². The van der Waals surface area contributed by atoms with Crippen LogP contribution in [0.1, 0.15) is 9.80 Å². The van der Waals surface area contributed by atoms with Crippen molar-refractivity contribution in [3.63, 3.8) is 0 Å². The number of aromatic nitrogens is 3. The average Bonchev–Trinajstić information content (AvgIpc) is 3.05. The number of piperazine rings is 1. The molecule has 3 heterocycles. The van der Waals surface area contributed by atoms with Crippen molar-refractivity contribution in [3.8, 4) is 5.75 Å². The molecule has 1 aliphatic heterocycles. The molecule has 0 atom stereocenters. The minimum atomic E-state index is -0.0526. The van der Waals surface area contributed by atoms with E-state index in [9.17, 15) is 9.90 Å². The molecule has 24 heavy (non-hydrogen) atoms. The second-order valence-corrected chi connectivity index (χ2v) is 6.58. The topological polar surface area (TPSA) is 82.5 Å². The number of phenols is 1. The van der Waals surface area contributed by atoms with E-state index in [4.69, 9.17) is 0 Å². The van der Waals surface area contributed by atoms with Crippen molar-refractivity contribution in [1.82, 2.24) is 20.1 Å². The zero-order chi connectivity index (χ0) is 16.5. The fourth-order valence-electron chi connectivity index (χ4n) is 2.78. The molecule has 0 spiro atoms. The van der Waals surface area contributed by atoms with Gasteiger partial charge in [0.15, 0.2) is 5.01 Å². The van der Waals surface area contributed by atoms with Crippen LogP contribution in [-0.4, -0.2) is 57.3 Å². The van der Waals surface area contributed by atoms with Crippen molar-refractivity contribution in [3.05, 3.63) is 41.7 Å². The third-order valence-electron chi connectivity index (χ3n) is 4.06. The Labute approximate surface area is 142 Å². The summed E-state index contributed by atoms with van der Waals surface area (Å²) in [6.07, 6.45) is 3.40. The Kier molecular flexibility index (Phi) is 3.73. The molecule has 1 amide bonds. The van der Waals surface area contributed by atoms with Crippen LogP contribution in [0.4, 0.5) is 5.69 Å². The zero-order valence-electron chi connectivity index (χ0n) is 12.8. The summed E-state index contributed by atoms with van der Waals surface area (Å²) in [5.41, 5.74) is 1.76. The molecular weight excluding hydrogens is 326 g/mol. The maximum atomic E-state index is 12.7. The van der Waals surface area contributed by atoms with Gasteiger partial charge in [-0.25, -0.2) is 4.98 Å². The van der Waals surface area contributed by atoms with E-state index in [1.165, 1.54) is 11.3 Å². The molecule has 1 N–H and O–H groups in total. The van der Waals surface area contributed by atoms with E-state index in [0.717, 1.165) is 29.0 Å². The van der Waals surface area contributed by atoms with Crippen LogP contribution in [0.5, 0.6) is 5.75 Å². The lowest BCUT2D eigenvalue weighted by atomic mass is 10.3. The molecule has 0 aliphatic carbocycles. The number of rotatable bonds is 2. The highest BCUT2D eigenvalue weighted by atomic mass is 32.1. The Bertz CT molecular complexity index is 875. The molecule has 2 aromatic heterocycles. The molecule has 7 nitrogen and oxygen atoms in total. The number of amides is 1. The van der Waals surface area contributed by atoms with Crippen LogP contribution in [0.15, 0.2) is 36.7 Å². The lowest BCUT2D eigenvalue weighted by molar-refractivity contribution is 0.0746. The Morgan fingerprint density at radius 2 is 1.96 bits per heavy atom. The number of carbonyl (C=O) groups excluding carboxylic acids is 1. The third kappa shape index (κ3) is 2.76. The second kappa shape index (κ2) is 6.04. The van der Waals surface area contributed by atoms with Gasteiger partial charge in [0.1, 0.15) is 5.75 Å². The first-order valence-electron chi connectivity index (χ1n) is 7.61. The predicted molar refractivity (Wildman–Crippen MR) is 91.4 cm³/mol. The standard InChI is InChI=1S/C16H15N5O2S/c22-12-1-2-13-14(9-12)24-15(19-13)16(23)21-7-5-20(6-8-21)11-3-4-17-18-10-11/h1-4,9-10,22H,5-8H2. The monoisotopic (exact) mass is 341 g/mol. The van der Waals surface area contributed by atoms with Gasteiger partial charge in [0.25, 0.3) is 5.91 Å². The molecule has 3 aromatic rings. The Hall–Kier alpha value is -2.74. The molecule has 1 aromatic carbocycles. The SMILES string of the molecule is O=C(c1nc2ccc(O)cc2s1)N1CCN(c2ccnnc2)CC1. The normalized spacial score (nSPS) is 15.0. The number of thiazole rings is 1. The van der Waals surface area contributed by atoms with Crippen molar-refractivity contribution >= 4 is 33.1 Å². The van der Waals surface area contributed by atoms with Gasteiger partial charge in [-0.1, -0.05) is 0 Å². The summed E-state index contributed by atoms with van der Waals surface area (Å²) in [6, 6.07) is 6.87. The maximum absolute atomic E-state index is 12.7. The molecule has 0 radical (unpaired) electrons. The van der Waals surface area contributed by atoms with Crippen LogP contribution < -0.4 is 4.90 Å². The number of hydrogen-bond acceptors (Lipinski definition) is 7. The molecule has 1 saturated heterocycles. The number of aromatic hydroxyl groups is 1. The summed E-state index contributed by atoms with van der Waals surface area (Å²) < 4.78 is 0.819. The van der Waals surface area contributed by atoms with Gasteiger partial charge < -0.3 is 14.9 Å². The van der Waals surface area contributed by atoms with Gasteiger partial charge in [-0.2, -0.15) is 10.2 Å². The number of anilines is 1. The summed E-state index contributed by atoms with van der Waals surface area (Å²) in [6.45, 7) is 2.79. The summed E-state index contributed by atoms with van der Waals surface area (Å²) in [7, 11) is 0. The van der Waals surface area contributed by atoms with Crippen LogP contribution in [-0.2, 0) is 0 Å². The highest BCUT2D eigenvalue weighted by Crippen LogP contribution is 2.27. The van der Waals surface area contributed by atoms with E-state index in [-0.39, 0.29) is 11.7 Å². The van der Waals surface area contributed by atoms with E-state index in [0.29, 0.717) is 18.1 Å². The highest BCUT2D eigenvalue weighted by Gasteiger charge is 2.24. The molecule has 0 saturated carbocycles. The number of benzene rings is 1. The molecule has 122 valence electrons. The van der Waals surface area contributed by atoms with E-state index in [1.807, 2.05) is 11.0 Å². The zero-order valence-corrected chi connectivity index (χ0v) is 13.6. The summed E-state index contributed by atoms with van der Waals surface area (Å²) in [4.78, 5) is 21.1. The first kappa shape index (κ1) is 14.8. The minimum Gasteiger partial charge on any atom is -0.508 e. The summed E-state index contributed by atoms with van der Waals surface area (Å²) >= 11 is 1.32. The van der Waals surface area contributed by atoms with Crippen LogP contribution in [0.2, 0.25) is 0 Å². The first-order chi connectivity index (χ1) is 11.7. The van der Waals surface area contributed by atoms with Crippen LogP contribution in [0, 0.1) is 0 Å². The Morgan fingerprint density at radius 1 is 1.12 bits per heavy atom. The number of nitrogens with zero attached hydrogens (tertiary/aromatic N) is 5. The van der Waals surface area contributed by atoms with Crippen molar-refractivity contribution in [2.75, 3.05) is 31.1 Å². The van der Waals surface area contributed by atoms with Gasteiger partial charge in [0.2, 0.25) is 0 Å². The number of phenolic OH excluding ortho intramolecular Hbond substituents is 1. The van der Waals surface area contributed by atoms with Crippen molar-refractivity contribution in [1.29, 1.82) is 0 Å². The van der Waals surface area contributed by atoms with E-state index in [1.54, 1.807) is 30.6 Å². The summed E-state index contributed by atoms with van der Waals surface area (Å²) in [5.74, 6) is 0.132. The van der Waals surface area contributed by atoms with E-state index < -0.39 is 0 Å². The highest BCUT2D eigenvalue weighted by molar-refractivity contribution is 7.20. The summed E-state index contributed by atoms with van der Waals surface area (Å²) in [5, 5.41) is 17.7. The number of carbonyl (C=O) groups is 1. The lowest BCUT2D eigenvalue weighted by Gasteiger charge is -2.35. The fourth-order valence-corrected chi connectivity index (χ4v) is 3.75. The molecule has 1 fully saturated rings. The van der Waals surface area contributed by atoms with E-state index in [2.05, 4.69) is 20.1 Å².